The van der Waals surface area contributed by atoms with Crippen molar-refractivity contribution in [3.05, 3.63) is 34.3 Å². The van der Waals surface area contributed by atoms with Crippen molar-refractivity contribution in [2.75, 3.05) is 12.4 Å². The van der Waals surface area contributed by atoms with Crippen LogP contribution in [0.15, 0.2) is 28.7 Å². The van der Waals surface area contributed by atoms with Crippen molar-refractivity contribution in [1.29, 1.82) is 0 Å². The molecule has 108 valence electrons. The minimum atomic E-state index is 0.252. The van der Waals surface area contributed by atoms with Gasteiger partial charge in [0.15, 0.2) is 0 Å². The van der Waals surface area contributed by atoms with E-state index < -0.39 is 0 Å². The maximum atomic E-state index is 5.96. The van der Waals surface area contributed by atoms with Crippen LogP contribution in [0.4, 0.5) is 0 Å². The molecular formula is C16H25BrOS. The van der Waals surface area contributed by atoms with Gasteiger partial charge >= 0.3 is 0 Å². The molecular weight excluding hydrogens is 320 g/mol. The Bertz CT molecular complexity index is 344. The normalized spacial score (nSPS) is 11.8. The first-order valence-electron chi connectivity index (χ1n) is 7.09. The summed E-state index contributed by atoms with van der Waals surface area (Å²) in [5.74, 6) is 0.912. The molecule has 0 N–H and O–H groups in total. The van der Waals surface area contributed by atoms with Crippen LogP contribution in [-0.2, 0) is 11.3 Å². The fourth-order valence-corrected chi connectivity index (χ4v) is 3.17. The number of benzene rings is 1. The monoisotopic (exact) mass is 344 g/mol. The predicted molar refractivity (Wildman–Crippen MR) is 89.9 cm³/mol. The van der Waals surface area contributed by atoms with Crippen molar-refractivity contribution >= 4 is 28.6 Å². The van der Waals surface area contributed by atoms with Gasteiger partial charge in [0.1, 0.15) is 0 Å². The van der Waals surface area contributed by atoms with E-state index >= 15 is 0 Å². The summed E-state index contributed by atoms with van der Waals surface area (Å²) in [7, 11) is 0. The molecule has 0 spiro atoms. The Morgan fingerprint density at radius 1 is 1.11 bits per heavy atom. The van der Waals surface area contributed by atoms with Crippen LogP contribution >= 0.6 is 28.6 Å². The third-order valence-electron chi connectivity index (χ3n) is 3.49. The Kier molecular flexibility index (Phi) is 8.12. The summed E-state index contributed by atoms with van der Waals surface area (Å²) in [5.41, 5.74) is 1.48. The van der Waals surface area contributed by atoms with Crippen LogP contribution in [0.3, 0.4) is 0 Å². The van der Waals surface area contributed by atoms with Crippen LogP contribution in [0.1, 0.15) is 45.1 Å². The van der Waals surface area contributed by atoms with Crippen LogP contribution in [-0.4, -0.2) is 12.4 Å². The van der Waals surface area contributed by atoms with Crippen LogP contribution in [0, 0.1) is 5.41 Å². The summed E-state index contributed by atoms with van der Waals surface area (Å²) in [6.45, 7) is 5.98. The van der Waals surface area contributed by atoms with Gasteiger partial charge in [0.05, 0.1) is 13.2 Å². The molecule has 1 aromatic rings. The molecule has 0 amide bonds. The summed E-state index contributed by atoms with van der Waals surface area (Å²) < 4.78 is 7.07. The van der Waals surface area contributed by atoms with E-state index in [0.717, 1.165) is 16.8 Å². The summed E-state index contributed by atoms with van der Waals surface area (Å²) in [6, 6.07) is 8.32. The molecule has 0 bridgehead atoms. The Labute approximate surface area is 131 Å². The molecule has 19 heavy (non-hydrogen) atoms. The van der Waals surface area contributed by atoms with Gasteiger partial charge in [0.2, 0.25) is 0 Å². The fourth-order valence-electron chi connectivity index (χ4n) is 2.50. The topological polar surface area (TPSA) is 9.23 Å². The van der Waals surface area contributed by atoms with Gasteiger partial charge in [-0.2, -0.15) is 12.6 Å². The van der Waals surface area contributed by atoms with Gasteiger partial charge in [0.25, 0.3) is 0 Å². The molecule has 0 atom stereocenters. The second kappa shape index (κ2) is 9.04. The maximum Gasteiger partial charge on any atom is 0.0717 e. The van der Waals surface area contributed by atoms with Crippen LogP contribution in [0.2, 0.25) is 0 Å². The minimum absolute atomic E-state index is 0.252. The highest BCUT2D eigenvalue weighted by atomic mass is 79.9. The van der Waals surface area contributed by atoms with E-state index in [-0.39, 0.29) is 5.41 Å². The minimum Gasteiger partial charge on any atom is -0.376 e. The Morgan fingerprint density at radius 3 is 2.16 bits per heavy atom. The number of thiol groups is 1. The predicted octanol–water partition coefficient (Wildman–Crippen LogP) is 5.48. The van der Waals surface area contributed by atoms with E-state index in [0.29, 0.717) is 6.61 Å². The average Bonchev–Trinajstić information content (AvgIpc) is 2.41. The molecule has 0 aromatic heterocycles. The molecule has 0 saturated heterocycles. The Morgan fingerprint density at radius 2 is 1.68 bits per heavy atom. The lowest BCUT2D eigenvalue weighted by Gasteiger charge is -2.31. The summed E-state index contributed by atoms with van der Waals surface area (Å²) in [4.78, 5) is 0. The quantitative estimate of drug-likeness (QED) is 0.583. The molecule has 0 aliphatic carbocycles. The van der Waals surface area contributed by atoms with Crippen molar-refractivity contribution in [2.45, 2.75) is 46.1 Å². The highest BCUT2D eigenvalue weighted by Crippen LogP contribution is 2.32. The van der Waals surface area contributed by atoms with Crippen molar-refractivity contribution in [3.8, 4) is 0 Å². The third kappa shape index (κ3) is 5.88. The van der Waals surface area contributed by atoms with Gasteiger partial charge in [-0.3, -0.25) is 0 Å². The average molecular weight is 345 g/mol. The molecule has 1 aromatic carbocycles. The lowest BCUT2D eigenvalue weighted by atomic mass is 9.82. The zero-order valence-corrected chi connectivity index (χ0v) is 14.5. The van der Waals surface area contributed by atoms with Gasteiger partial charge in [-0.15, -0.1) is 0 Å². The highest BCUT2D eigenvalue weighted by Gasteiger charge is 2.27. The molecule has 0 radical (unpaired) electrons. The molecule has 0 aliphatic rings. The highest BCUT2D eigenvalue weighted by molar-refractivity contribution is 9.10. The lowest BCUT2D eigenvalue weighted by molar-refractivity contribution is 0.0350. The standard InChI is InChI=1S/C16H25BrOS/c1-3-9-16(13-19,10-4-2)12-18-11-14-5-7-15(17)8-6-14/h5-8,19H,3-4,9-13H2,1-2H3. The molecule has 1 nitrogen and oxygen atoms in total. The van der Waals surface area contributed by atoms with Gasteiger partial charge in [-0.05, 0) is 36.3 Å². The van der Waals surface area contributed by atoms with Gasteiger partial charge in [-0.1, -0.05) is 54.8 Å². The second-order valence-corrected chi connectivity index (χ2v) is 6.51. The van der Waals surface area contributed by atoms with Crippen molar-refractivity contribution in [3.63, 3.8) is 0 Å². The molecule has 0 saturated carbocycles. The number of hydrogen-bond acceptors (Lipinski definition) is 2. The van der Waals surface area contributed by atoms with Crippen molar-refractivity contribution in [1.82, 2.24) is 0 Å². The fraction of sp³-hybridized carbons (Fsp3) is 0.625. The SMILES string of the molecule is CCCC(CS)(CCC)COCc1ccc(Br)cc1. The Hall–Kier alpha value is 0.01000. The van der Waals surface area contributed by atoms with Crippen molar-refractivity contribution < 1.29 is 4.74 Å². The smallest absolute Gasteiger partial charge is 0.0717 e. The number of halogens is 1. The molecule has 1 rings (SSSR count). The summed E-state index contributed by atoms with van der Waals surface area (Å²) in [5, 5.41) is 0. The zero-order valence-electron chi connectivity index (χ0n) is 12.0. The van der Waals surface area contributed by atoms with E-state index in [9.17, 15) is 0 Å². The molecule has 0 heterocycles. The summed E-state index contributed by atoms with van der Waals surface area (Å²) in [6.07, 6.45) is 4.79. The number of rotatable bonds is 9. The number of ether oxygens (including phenoxy) is 1. The largest absolute Gasteiger partial charge is 0.376 e. The van der Waals surface area contributed by atoms with Gasteiger partial charge in [0, 0.05) is 9.89 Å². The van der Waals surface area contributed by atoms with Gasteiger partial charge < -0.3 is 4.74 Å². The Balaban J connectivity index is 2.49. The van der Waals surface area contributed by atoms with Crippen molar-refractivity contribution in [2.24, 2.45) is 5.41 Å². The van der Waals surface area contributed by atoms with E-state index in [1.165, 1.54) is 31.2 Å². The zero-order chi connectivity index (χ0) is 14.1. The van der Waals surface area contributed by atoms with Gasteiger partial charge in [-0.25, -0.2) is 0 Å². The van der Waals surface area contributed by atoms with E-state index in [1.807, 2.05) is 0 Å². The van der Waals surface area contributed by atoms with E-state index in [1.54, 1.807) is 0 Å². The summed E-state index contributed by atoms with van der Waals surface area (Å²) >= 11 is 8.00. The molecule has 3 heteroatoms. The first-order valence-corrected chi connectivity index (χ1v) is 8.51. The van der Waals surface area contributed by atoms with Crippen LogP contribution < -0.4 is 0 Å². The first-order chi connectivity index (χ1) is 9.15. The third-order valence-corrected chi connectivity index (χ3v) is 4.69. The maximum absolute atomic E-state index is 5.96. The van der Waals surface area contributed by atoms with Crippen LogP contribution in [0.25, 0.3) is 0 Å². The second-order valence-electron chi connectivity index (χ2n) is 5.28. The molecule has 0 fully saturated rings. The molecule has 0 unspecified atom stereocenters. The first kappa shape index (κ1) is 17.1. The van der Waals surface area contributed by atoms with E-state index in [4.69, 9.17) is 4.74 Å². The number of hydrogen-bond donors (Lipinski definition) is 1. The van der Waals surface area contributed by atoms with Crippen LogP contribution in [0.5, 0.6) is 0 Å². The van der Waals surface area contributed by atoms with E-state index in [2.05, 4.69) is 66.7 Å². The molecule has 0 aliphatic heterocycles. The lowest BCUT2D eigenvalue weighted by Crippen LogP contribution is -2.29.